The number of rotatable bonds is 6. The van der Waals surface area contributed by atoms with Crippen LogP contribution < -0.4 is 5.32 Å². The number of carbonyl (C=O) groups is 1. The zero-order chi connectivity index (χ0) is 21.2. The van der Waals surface area contributed by atoms with Gasteiger partial charge in [-0.15, -0.1) is 11.3 Å². The Bertz CT molecular complexity index is 1390. The molecule has 2 N–H and O–H groups in total. The van der Waals surface area contributed by atoms with E-state index in [2.05, 4.69) is 72.0 Å². The Morgan fingerprint density at radius 3 is 2.39 bits per heavy atom. The van der Waals surface area contributed by atoms with E-state index in [1.54, 1.807) is 0 Å². The van der Waals surface area contributed by atoms with Gasteiger partial charge in [0, 0.05) is 21.8 Å². The number of thiophene rings is 1. The summed E-state index contributed by atoms with van der Waals surface area (Å²) in [6.07, 6.45) is 0.0497. The van der Waals surface area contributed by atoms with Gasteiger partial charge in [-0.3, -0.25) is 4.79 Å². The summed E-state index contributed by atoms with van der Waals surface area (Å²) in [5, 5.41) is 16.1. The minimum atomic E-state index is -0.812. The van der Waals surface area contributed by atoms with Crippen LogP contribution in [-0.4, -0.2) is 11.1 Å². The Hall–Kier alpha value is -3.63. The van der Waals surface area contributed by atoms with Crippen LogP contribution in [0, 0.1) is 0 Å². The van der Waals surface area contributed by atoms with E-state index in [9.17, 15) is 4.79 Å². The molecule has 3 nitrogen and oxygen atoms in total. The Labute approximate surface area is 184 Å². The normalized spacial score (nSPS) is 11.1. The lowest BCUT2D eigenvalue weighted by molar-refractivity contribution is -0.136. The zero-order valence-electron chi connectivity index (χ0n) is 16.8. The minimum absolute atomic E-state index is 0.0497. The summed E-state index contributed by atoms with van der Waals surface area (Å²) >= 11 is 1.81. The lowest BCUT2D eigenvalue weighted by atomic mass is 10.0. The monoisotopic (exact) mass is 423 g/mol. The second-order valence-electron chi connectivity index (χ2n) is 7.62. The van der Waals surface area contributed by atoms with Gasteiger partial charge in [0.2, 0.25) is 0 Å². The van der Waals surface area contributed by atoms with Crippen molar-refractivity contribution in [3.63, 3.8) is 0 Å². The Kier molecular flexibility index (Phi) is 5.14. The van der Waals surface area contributed by atoms with Crippen molar-refractivity contribution >= 4 is 43.9 Å². The lowest BCUT2D eigenvalue weighted by Crippen LogP contribution is -2.01. The summed E-state index contributed by atoms with van der Waals surface area (Å²) in [5.74, 6) is -0.812. The van der Waals surface area contributed by atoms with Crippen molar-refractivity contribution in [3.8, 4) is 11.1 Å². The van der Waals surface area contributed by atoms with Crippen LogP contribution in [0.3, 0.4) is 0 Å². The van der Waals surface area contributed by atoms with Crippen LogP contribution in [-0.2, 0) is 17.8 Å². The van der Waals surface area contributed by atoms with E-state index in [-0.39, 0.29) is 6.42 Å². The quantitative estimate of drug-likeness (QED) is 0.310. The Balaban J connectivity index is 1.39. The van der Waals surface area contributed by atoms with Crippen molar-refractivity contribution in [2.75, 3.05) is 5.32 Å². The first-order chi connectivity index (χ1) is 15.2. The number of hydrogen-bond donors (Lipinski definition) is 2. The standard InChI is InChI=1S/C27H21NO2S/c29-26(30)14-18-8-12-23(13-9-18)28-17-24-16-22-6-3-7-25(27(22)31-24)21-11-10-19-4-1-2-5-20(19)15-21/h1-13,15-16,28H,14,17H2,(H,29,30). The van der Waals surface area contributed by atoms with Crippen molar-refractivity contribution in [2.24, 2.45) is 0 Å². The minimum Gasteiger partial charge on any atom is -0.481 e. The van der Waals surface area contributed by atoms with Crippen LogP contribution >= 0.6 is 11.3 Å². The molecule has 1 aromatic heterocycles. The van der Waals surface area contributed by atoms with Crippen molar-refractivity contribution in [3.05, 3.63) is 101 Å². The highest BCUT2D eigenvalue weighted by Gasteiger charge is 2.09. The van der Waals surface area contributed by atoms with Crippen molar-refractivity contribution < 1.29 is 9.90 Å². The van der Waals surface area contributed by atoms with Gasteiger partial charge in [-0.25, -0.2) is 0 Å². The fourth-order valence-corrected chi connectivity index (χ4v) is 5.03. The number of hydrogen-bond acceptors (Lipinski definition) is 3. The summed E-state index contributed by atoms with van der Waals surface area (Å²) in [4.78, 5) is 12.1. The van der Waals surface area contributed by atoms with Gasteiger partial charge >= 0.3 is 5.97 Å². The summed E-state index contributed by atoms with van der Waals surface area (Å²) in [5.41, 5.74) is 4.29. The predicted octanol–water partition coefficient (Wildman–Crippen LogP) is 6.96. The van der Waals surface area contributed by atoms with Gasteiger partial charge in [0.25, 0.3) is 0 Å². The number of carboxylic acid groups (broad SMARTS) is 1. The van der Waals surface area contributed by atoms with Crippen LogP contribution in [0.25, 0.3) is 32.0 Å². The second kappa shape index (κ2) is 8.25. The van der Waals surface area contributed by atoms with Crippen LogP contribution in [0.15, 0.2) is 91.0 Å². The average Bonchev–Trinajstić information content (AvgIpc) is 3.21. The molecule has 0 saturated heterocycles. The Morgan fingerprint density at radius 2 is 1.58 bits per heavy atom. The lowest BCUT2D eigenvalue weighted by Gasteiger charge is -2.06. The zero-order valence-corrected chi connectivity index (χ0v) is 17.7. The highest BCUT2D eigenvalue weighted by molar-refractivity contribution is 7.19. The molecule has 5 aromatic rings. The van der Waals surface area contributed by atoms with Gasteiger partial charge in [-0.05, 0) is 57.1 Å². The van der Waals surface area contributed by atoms with Crippen LogP contribution in [0.1, 0.15) is 10.4 Å². The number of carboxylic acids is 1. The van der Waals surface area contributed by atoms with Crippen LogP contribution in [0.4, 0.5) is 5.69 Å². The molecule has 4 heteroatoms. The SMILES string of the molecule is O=C(O)Cc1ccc(NCc2cc3cccc(-c4ccc5ccccc5c4)c3s2)cc1. The summed E-state index contributed by atoms with van der Waals surface area (Å²) < 4.78 is 1.30. The molecule has 5 rings (SSSR count). The maximum Gasteiger partial charge on any atom is 0.307 e. The molecule has 4 aromatic carbocycles. The molecule has 0 aliphatic carbocycles. The molecule has 0 bridgehead atoms. The predicted molar refractivity (Wildman–Crippen MR) is 130 cm³/mol. The van der Waals surface area contributed by atoms with E-state index in [4.69, 9.17) is 5.11 Å². The fraction of sp³-hybridized carbons (Fsp3) is 0.0741. The number of fused-ring (bicyclic) bond motifs is 2. The van der Waals surface area contributed by atoms with Crippen LogP contribution in [0.2, 0.25) is 0 Å². The van der Waals surface area contributed by atoms with E-state index < -0.39 is 5.97 Å². The summed E-state index contributed by atoms with van der Waals surface area (Å²) in [6, 6.07) is 31.4. The Morgan fingerprint density at radius 1 is 0.806 bits per heavy atom. The number of nitrogens with one attached hydrogen (secondary N) is 1. The first kappa shape index (κ1) is 19.3. The van der Waals surface area contributed by atoms with Gasteiger partial charge in [0.15, 0.2) is 0 Å². The third-order valence-corrected chi connectivity index (χ3v) is 6.62. The van der Waals surface area contributed by atoms with E-state index in [0.717, 1.165) is 17.8 Å². The third-order valence-electron chi connectivity index (χ3n) is 5.43. The molecule has 0 aliphatic heterocycles. The molecule has 0 radical (unpaired) electrons. The van der Waals surface area contributed by atoms with Gasteiger partial charge in [-0.2, -0.15) is 0 Å². The first-order valence-corrected chi connectivity index (χ1v) is 11.0. The largest absolute Gasteiger partial charge is 0.481 e. The van der Waals surface area contributed by atoms with Crippen LogP contribution in [0.5, 0.6) is 0 Å². The van der Waals surface area contributed by atoms with Gasteiger partial charge in [0.05, 0.1) is 6.42 Å². The maximum atomic E-state index is 10.8. The third kappa shape index (κ3) is 4.16. The molecule has 0 saturated carbocycles. The molecule has 0 amide bonds. The smallest absolute Gasteiger partial charge is 0.307 e. The second-order valence-corrected chi connectivity index (χ2v) is 8.76. The molecule has 1 heterocycles. The summed E-state index contributed by atoms with van der Waals surface area (Å²) in [6.45, 7) is 0.731. The molecular formula is C27H21NO2S. The van der Waals surface area contributed by atoms with Crippen molar-refractivity contribution in [2.45, 2.75) is 13.0 Å². The maximum absolute atomic E-state index is 10.8. The average molecular weight is 424 g/mol. The van der Waals surface area contributed by atoms with E-state index in [1.165, 1.54) is 36.9 Å². The number of benzene rings is 4. The molecule has 0 unspecified atom stereocenters. The molecular weight excluding hydrogens is 402 g/mol. The molecule has 0 spiro atoms. The fourth-order valence-electron chi connectivity index (χ4n) is 3.89. The molecule has 0 aliphatic rings. The van der Waals surface area contributed by atoms with Gasteiger partial charge < -0.3 is 10.4 Å². The highest BCUT2D eigenvalue weighted by Crippen LogP contribution is 2.36. The molecule has 152 valence electrons. The van der Waals surface area contributed by atoms with Gasteiger partial charge in [-0.1, -0.05) is 66.7 Å². The number of anilines is 1. The summed E-state index contributed by atoms with van der Waals surface area (Å²) in [7, 11) is 0. The van der Waals surface area contributed by atoms with E-state index in [0.29, 0.717) is 0 Å². The first-order valence-electron chi connectivity index (χ1n) is 10.2. The molecule has 0 fully saturated rings. The van der Waals surface area contributed by atoms with E-state index in [1.807, 2.05) is 35.6 Å². The number of aliphatic carboxylic acids is 1. The molecule has 31 heavy (non-hydrogen) atoms. The van der Waals surface area contributed by atoms with Gasteiger partial charge in [0.1, 0.15) is 0 Å². The molecule has 0 atom stereocenters. The highest BCUT2D eigenvalue weighted by atomic mass is 32.1. The van der Waals surface area contributed by atoms with E-state index >= 15 is 0 Å². The topological polar surface area (TPSA) is 49.3 Å². The van der Waals surface area contributed by atoms with Crippen molar-refractivity contribution in [1.29, 1.82) is 0 Å². The van der Waals surface area contributed by atoms with Crippen molar-refractivity contribution in [1.82, 2.24) is 0 Å².